The van der Waals surface area contributed by atoms with E-state index in [9.17, 15) is 5.11 Å². The number of ether oxygens (including phenoxy) is 3. The number of methoxy groups -OCH3 is 2. The van der Waals surface area contributed by atoms with Gasteiger partial charge in [-0.25, -0.2) is 0 Å². The highest BCUT2D eigenvalue weighted by Crippen LogP contribution is 2.42. The number of rotatable bonds is 17. The largest absolute Gasteiger partial charge is 0.504 e. The lowest BCUT2D eigenvalue weighted by Crippen LogP contribution is -2.48. The first kappa shape index (κ1) is 50.9. The number of allylic oxidation sites excluding steroid dienone is 2. The first-order valence-electron chi connectivity index (χ1n) is 25.8. The molecule has 2 heterocycles. The molecule has 0 saturated carbocycles. The fraction of sp³-hybridized carbons (Fsp3) is 0.365. The van der Waals surface area contributed by atoms with Gasteiger partial charge in [0.25, 0.3) is 0 Å². The van der Waals surface area contributed by atoms with Crippen LogP contribution in [0.2, 0.25) is 0 Å². The smallest absolute Gasteiger partial charge is 0.160 e. The molecule has 0 aliphatic carbocycles. The number of phenols is 1. The molecule has 0 unspecified atom stereocenters. The van der Waals surface area contributed by atoms with Crippen molar-refractivity contribution >= 4 is 33.7 Å². The van der Waals surface area contributed by atoms with Crippen LogP contribution in [0.15, 0.2) is 140 Å². The molecular formula is C63H76N4O4. The number of hydrogen-bond acceptors (Lipinski definition) is 8. The van der Waals surface area contributed by atoms with E-state index in [0.717, 1.165) is 103 Å². The van der Waals surface area contributed by atoms with Gasteiger partial charge in [-0.3, -0.25) is 9.80 Å². The zero-order valence-electron chi connectivity index (χ0n) is 43.9. The Morgan fingerprint density at radius 1 is 0.451 bits per heavy atom. The number of aromatic hydroxyl groups is 1. The van der Waals surface area contributed by atoms with Gasteiger partial charge in [-0.05, 0) is 155 Å². The fourth-order valence-electron chi connectivity index (χ4n) is 10.5. The molecule has 6 aromatic carbocycles. The Morgan fingerprint density at radius 3 is 1.44 bits per heavy atom. The summed E-state index contributed by atoms with van der Waals surface area (Å²) in [5.41, 5.74) is 14.7. The molecule has 372 valence electrons. The van der Waals surface area contributed by atoms with Crippen LogP contribution in [-0.4, -0.2) is 93.6 Å². The standard InChI is InChI=1S/C63H76N4O4/c1-43(2)60(48-16-12-11-13-17-48)63(50-21-26-55(27-22-50)67-35-31-65(32-36-67)46(7)8)53-38-56(69-9)41-57(39-53)71-42-47-15-14-18-51(37-47)61(44(3)4)62(52-23-28-59(70-10)58(68)40-52)49-19-24-54(25-20-49)66-33-29-64(30-34-66)45(5)6/h11-28,37-41,43-46,68H,29-36,42H2,1-10H3/b62-61+,63-60+. The molecule has 0 atom stereocenters. The Labute approximate surface area is 424 Å². The van der Waals surface area contributed by atoms with E-state index in [4.69, 9.17) is 14.2 Å². The summed E-state index contributed by atoms with van der Waals surface area (Å²) in [4.78, 5) is 10.1. The van der Waals surface area contributed by atoms with E-state index in [1.165, 1.54) is 33.7 Å². The highest BCUT2D eigenvalue weighted by atomic mass is 16.5. The minimum Gasteiger partial charge on any atom is -0.504 e. The number of piperazine rings is 2. The van der Waals surface area contributed by atoms with Crippen molar-refractivity contribution in [2.45, 2.75) is 74.1 Å². The van der Waals surface area contributed by atoms with E-state index in [-0.39, 0.29) is 17.6 Å². The van der Waals surface area contributed by atoms with Crippen LogP contribution in [0.3, 0.4) is 0 Å². The van der Waals surface area contributed by atoms with Crippen molar-refractivity contribution < 1.29 is 19.3 Å². The monoisotopic (exact) mass is 953 g/mol. The molecule has 1 N–H and O–H groups in total. The zero-order valence-corrected chi connectivity index (χ0v) is 43.9. The Balaban J connectivity index is 1.13. The molecular weight excluding hydrogens is 877 g/mol. The van der Waals surface area contributed by atoms with E-state index in [1.807, 2.05) is 18.2 Å². The molecule has 0 amide bonds. The Bertz CT molecular complexity index is 2760. The summed E-state index contributed by atoms with van der Waals surface area (Å²) >= 11 is 0. The average molecular weight is 953 g/mol. The summed E-state index contributed by atoms with van der Waals surface area (Å²) in [6.45, 7) is 26.9. The summed E-state index contributed by atoms with van der Waals surface area (Å²) in [5, 5.41) is 11.1. The summed E-state index contributed by atoms with van der Waals surface area (Å²) in [7, 11) is 3.31. The lowest BCUT2D eigenvalue weighted by molar-refractivity contribution is 0.209. The molecule has 6 aromatic rings. The van der Waals surface area contributed by atoms with Crippen molar-refractivity contribution in [2.75, 3.05) is 76.4 Å². The maximum absolute atomic E-state index is 11.1. The van der Waals surface area contributed by atoms with E-state index in [1.54, 1.807) is 14.2 Å². The van der Waals surface area contributed by atoms with Crippen LogP contribution in [-0.2, 0) is 6.61 Å². The van der Waals surface area contributed by atoms with Crippen LogP contribution in [0.5, 0.6) is 23.0 Å². The van der Waals surface area contributed by atoms with Gasteiger partial charge in [-0.1, -0.05) is 107 Å². The first-order chi connectivity index (χ1) is 34.3. The predicted molar refractivity (Wildman–Crippen MR) is 297 cm³/mol. The van der Waals surface area contributed by atoms with Crippen molar-refractivity contribution in [3.63, 3.8) is 0 Å². The second-order valence-corrected chi connectivity index (χ2v) is 20.4. The number of phenolic OH excluding ortho intramolecular Hbond substituents is 1. The Morgan fingerprint density at radius 2 is 0.944 bits per heavy atom. The third-order valence-corrected chi connectivity index (χ3v) is 14.4. The van der Waals surface area contributed by atoms with Crippen LogP contribution in [0, 0.1) is 11.8 Å². The van der Waals surface area contributed by atoms with Crippen molar-refractivity contribution in [1.82, 2.24) is 9.80 Å². The minimum atomic E-state index is 0.111. The number of anilines is 2. The van der Waals surface area contributed by atoms with Crippen molar-refractivity contribution in [3.8, 4) is 23.0 Å². The van der Waals surface area contributed by atoms with Crippen LogP contribution in [0.25, 0.3) is 22.3 Å². The van der Waals surface area contributed by atoms with Crippen molar-refractivity contribution in [2.24, 2.45) is 11.8 Å². The summed E-state index contributed by atoms with van der Waals surface area (Å²) in [5.74, 6) is 2.40. The second-order valence-electron chi connectivity index (χ2n) is 20.4. The number of benzene rings is 6. The van der Waals surface area contributed by atoms with Gasteiger partial charge in [0.15, 0.2) is 11.5 Å². The third kappa shape index (κ3) is 12.0. The Kier molecular flexibility index (Phi) is 16.6. The van der Waals surface area contributed by atoms with Crippen molar-refractivity contribution in [1.29, 1.82) is 0 Å². The summed E-state index contributed by atoms with van der Waals surface area (Å²) < 4.78 is 18.3. The SMILES string of the molecule is COc1cc(OCc2cccc(/C(=C(\c3ccc(N4CCN(C(C)C)CC4)cc3)c3ccc(OC)c(O)c3)C(C)C)c2)cc(/C(=C(/c2ccccc2)C(C)C)c2ccc(N3CCN(C(C)C)CC3)cc2)c1. The van der Waals surface area contributed by atoms with Gasteiger partial charge < -0.3 is 29.1 Å². The highest BCUT2D eigenvalue weighted by Gasteiger charge is 2.24. The van der Waals surface area contributed by atoms with E-state index >= 15 is 0 Å². The van der Waals surface area contributed by atoms with Gasteiger partial charge in [0.05, 0.1) is 14.2 Å². The van der Waals surface area contributed by atoms with Crippen LogP contribution < -0.4 is 24.0 Å². The second kappa shape index (κ2) is 23.2. The molecule has 8 heteroatoms. The van der Waals surface area contributed by atoms with Gasteiger partial charge in [-0.2, -0.15) is 0 Å². The zero-order chi connectivity index (χ0) is 50.2. The molecule has 8 rings (SSSR count). The molecule has 0 spiro atoms. The number of hydrogen-bond donors (Lipinski definition) is 1. The van der Waals surface area contributed by atoms with Crippen molar-refractivity contribution in [3.05, 3.63) is 178 Å². The Hall–Kier alpha value is -6.48. The van der Waals surface area contributed by atoms with Gasteiger partial charge >= 0.3 is 0 Å². The van der Waals surface area contributed by atoms with E-state index in [0.29, 0.717) is 24.4 Å². The van der Waals surface area contributed by atoms with Crippen LogP contribution >= 0.6 is 0 Å². The minimum absolute atomic E-state index is 0.111. The number of nitrogens with zero attached hydrogens (tertiary/aromatic N) is 4. The molecule has 8 nitrogen and oxygen atoms in total. The van der Waals surface area contributed by atoms with Gasteiger partial charge in [0.1, 0.15) is 18.1 Å². The molecule has 2 fully saturated rings. The molecule has 0 aromatic heterocycles. The van der Waals surface area contributed by atoms with Gasteiger partial charge in [0, 0.05) is 81.9 Å². The quantitative estimate of drug-likeness (QED) is 0.0908. The van der Waals surface area contributed by atoms with Crippen LogP contribution in [0.1, 0.15) is 94.3 Å². The maximum atomic E-state index is 11.1. The predicted octanol–water partition coefficient (Wildman–Crippen LogP) is 13.3. The van der Waals surface area contributed by atoms with Crippen LogP contribution in [0.4, 0.5) is 11.4 Å². The molecule has 2 saturated heterocycles. The van der Waals surface area contributed by atoms with Gasteiger partial charge in [0.2, 0.25) is 0 Å². The third-order valence-electron chi connectivity index (χ3n) is 14.4. The van der Waals surface area contributed by atoms with Gasteiger partial charge in [-0.15, -0.1) is 0 Å². The highest BCUT2D eigenvalue weighted by molar-refractivity contribution is 6.01. The molecule has 0 radical (unpaired) electrons. The fourth-order valence-corrected chi connectivity index (χ4v) is 10.5. The van der Waals surface area contributed by atoms with E-state index in [2.05, 4.69) is 196 Å². The molecule has 2 aliphatic heterocycles. The molecule has 2 aliphatic rings. The molecule has 0 bridgehead atoms. The topological polar surface area (TPSA) is 60.9 Å². The lowest BCUT2D eigenvalue weighted by Gasteiger charge is -2.38. The average Bonchev–Trinajstić information content (AvgIpc) is 3.39. The van der Waals surface area contributed by atoms with E-state index < -0.39 is 0 Å². The normalized spacial score (nSPS) is 15.6. The first-order valence-corrected chi connectivity index (χ1v) is 25.8. The summed E-state index contributed by atoms with van der Waals surface area (Å²) in [6, 6.07) is 50.8. The molecule has 71 heavy (non-hydrogen) atoms. The summed E-state index contributed by atoms with van der Waals surface area (Å²) in [6.07, 6.45) is 0. The lowest BCUT2D eigenvalue weighted by atomic mass is 9.83. The maximum Gasteiger partial charge on any atom is 0.160 e.